The van der Waals surface area contributed by atoms with Crippen LogP contribution < -0.4 is 0 Å². The van der Waals surface area contributed by atoms with Gasteiger partial charge in [0, 0.05) is 26.2 Å². The van der Waals surface area contributed by atoms with Gasteiger partial charge in [0.1, 0.15) is 11.6 Å². The molecule has 0 radical (unpaired) electrons. The molecule has 1 aromatic heterocycles. The van der Waals surface area contributed by atoms with E-state index in [2.05, 4.69) is 0 Å². The Morgan fingerprint density at radius 2 is 1.58 bits per heavy atom. The smallest absolute Gasteiger partial charge is 0.257 e. The molecule has 2 aromatic rings. The van der Waals surface area contributed by atoms with Crippen LogP contribution in [-0.4, -0.2) is 47.8 Å². The van der Waals surface area contributed by atoms with Crippen molar-refractivity contribution in [1.82, 2.24) is 9.80 Å². The first kappa shape index (κ1) is 16.2. The average molecular weight is 330 g/mol. The van der Waals surface area contributed by atoms with Gasteiger partial charge < -0.3 is 14.2 Å². The number of furan rings is 1. The number of rotatable bonds is 2. The van der Waals surface area contributed by atoms with Crippen molar-refractivity contribution in [2.24, 2.45) is 0 Å². The molecule has 0 N–H and O–H groups in total. The molecule has 24 heavy (non-hydrogen) atoms. The Morgan fingerprint density at radius 3 is 2.17 bits per heavy atom. The Bertz CT molecular complexity index is 756. The SMILES string of the molecule is Cc1occc1C(=O)N1CCCN(C(=O)c2ccccc2F)CC1. The molecule has 0 bridgehead atoms. The molecule has 3 rings (SSSR count). The molecule has 0 atom stereocenters. The van der Waals surface area contributed by atoms with Crippen molar-refractivity contribution in [3.8, 4) is 0 Å². The van der Waals surface area contributed by atoms with Gasteiger partial charge in [-0.2, -0.15) is 0 Å². The molecule has 2 heterocycles. The lowest BCUT2D eigenvalue weighted by atomic mass is 10.2. The molecule has 6 heteroatoms. The van der Waals surface area contributed by atoms with Crippen LogP contribution in [0.25, 0.3) is 0 Å². The largest absolute Gasteiger partial charge is 0.469 e. The van der Waals surface area contributed by atoms with E-state index in [0.29, 0.717) is 43.9 Å². The van der Waals surface area contributed by atoms with Crippen LogP contribution in [0.1, 0.15) is 32.9 Å². The maximum absolute atomic E-state index is 13.8. The Morgan fingerprint density at radius 1 is 0.958 bits per heavy atom. The van der Waals surface area contributed by atoms with Crippen molar-refractivity contribution in [1.29, 1.82) is 0 Å². The molecular weight excluding hydrogens is 311 g/mol. The van der Waals surface area contributed by atoms with E-state index >= 15 is 0 Å². The number of nitrogens with zero attached hydrogens (tertiary/aromatic N) is 2. The first-order valence-electron chi connectivity index (χ1n) is 7.95. The Balaban J connectivity index is 1.69. The lowest BCUT2D eigenvalue weighted by molar-refractivity contribution is 0.0715. The summed E-state index contributed by atoms with van der Waals surface area (Å²) in [6, 6.07) is 7.63. The molecule has 126 valence electrons. The van der Waals surface area contributed by atoms with Crippen molar-refractivity contribution in [2.45, 2.75) is 13.3 Å². The summed E-state index contributed by atoms with van der Waals surface area (Å²) in [6.45, 7) is 3.62. The highest BCUT2D eigenvalue weighted by molar-refractivity contribution is 5.96. The summed E-state index contributed by atoms with van der Waals surface area (Å²) >= 11 is 0. The van der Waals surface area contributed by atoms with Gasteiger partial charge in [-0.3, -0.25) is 9.59 Å². The van der Waals surface area contributed by atoms with Crippen LogP contribution in [0.3, 0.4) is 0 Å². The van der Waals surface area contributed by atoms with E-state index in [-0.39, 0.29) is 17.4 Å². The lowest BCUT2D eigenvalue weighted by Crippen LogP contribution is -2.37. The molecule has 0 saturated carbocycles. The van der Waals surface area contributed by atoms with Crippen molar-refractivity contribution >= 4 is 11.8 Å². The number of carbonyl (C=O) groups is 2. The van der Waals surface area contributed by atoms with Crippen molar-refractivity contribution in [3.63, 3.8) is 0 Å². The van der Waals surface area contributed by atoms with E-state index in [1.165, 1.54) is 18.4 Å². The minimum absolute atomic E-state index is 0.0722. The van der Waals surface area contributed by atoms with Crippen LogP contribution in [0.2, 0.25) is 0 Å². The van der Waals surface area contributed by atoms with Crippen molar-refractivity contribution in [3.05, 3.63) is 59.3 Å². The fourth-order valence-electron chi connectivity index (χ4n) is 2.91. The number of carbonyl (C=O) groups excluding carboxylic acids is 2. The van der Waals surface area contributed by atoms with Gasteiger partial charge in [0.2, 0.25) is 0 Å². The minimum atomic E-state index is -0.520. The molecular formula is C18H19FN2O3. The zero-order valence-electron chi connectivity index (χ0n) is 13.5. The van der Waals surface area contributed by atoms with E-state index < -0.39 is 5.82 Å². The maximum atomic E-state index is 13.8. The second kappa shape index (κ2) is 6.86. The first-order valence-corrected chi connectivity index (χ1v) is 7.95. The number of halogens is 1. The van der Waals surface area contributed by atoms with E-state index in [1.807, 2.05) is 0 Å². The monoisotopic (exact) mass is 330 g/mol. The van der Waals surface area contributed by atoms with Gasteiger partial charge in [-0.25, -0.2) is 4.39 Å². The third-order valence-corrected chi connectivity index (χ3v) is 4.26. The molecule has 1 aromatic carbocycles. The molecule has 1 aliphatic rings. The highest BCUT2D eigenvalue weighted by atomic mass is 19.1. The Hall–Kier alpha value is -2.63. The molecule has 1 saturated heterocycles. The Labute approximate surface area is 139 Å². The van der Waals surface area contributed by atoms with Gasteiger partial charge >= 0.3 is 0 Å². The second-order valence-corrected chi connectivity index (χ2v) is 5.81. The molecule has 0 spiro atoms. The third kappa shape index (κ3) is 3.18. The van der Waals surface area contributed by atoms with Crippen LogP contribution in [0, 0.1) is 12.7 Å². The predicted molar refractivity (Wildman–Crippen MR) is 86.3 cm³/mol. The van der Waals surface area contributed by atoms with Gasteiger partial charge in [-0.1, -0.05) is 12.1 Å². The van der Waals surface area contributed by atoms with E-state index in [0.717, 1.165) is 0 Å². The number of hydrogen-bond donors (Lipinski definition) is 0. The number of benzene rings is 1. The summed E-state index contributed by atoms with van der Waals surface area (Å²) in [5.74, 6) is -0.361. The third-order valence-electron chi connectivity index (χ3n) is 4.26. The minimum Gasteiger partial charge on any atom is -0.469 e. The molecule has 0 unspecified atom stereocenters. The summed E-state index contributed by atoms with van der Waals surface area (Å²) in [7, 11) is 0. The first-order chi connectivity index (χ1) is 11.6. The van der Waals surface area contributed by atoms with Crippen LogP contribution in [0.15, 0.2) is 41.0 Å². The molecule has 0 aliphatic carbocycles. The van der Waals surface area contributed by atoms with E-state index in [1.54, 1.807) is 34.9 Å². The quantitative estimate of drug-likeness (QED) is 0.851. The summed E-state index contributed by atoms with van der Waals surface area (Å²) in [4.78, 5) is 28.4. The Kier molecular flexibility index (Phi) is 4.64. The molecule has 2 amide bonds. The summed E-state index contributed by atoms with van der Waals surface area (Å²) in [5, 5.41) is 0. The normalized spacial score (nSPS) is 15.2. The predicted octanol–water partition coefficient (Wildman–Crippen LogP) is 2.72. The maximum Gasteiger partial charge on any atom is 0.257 e. The van der Waals surface area contributed by atoms with E-state index in [4.69, 9.17) is 4.42 Å². The highest BCUT2D eigenvalue weighted by Crippen LogP contribution is 2.16. The van der Waals surface area contributed by atoms with Crippen LogP contribution in [0.5, 0.6) is 0 Å². The topological polar surface area (TPSA) is 53.8 Å². The van der Waals surface area contributed by atoms with Crippen LogP contribution in [0.4, 0.5) is 4.39 Å². The standard InChI is InChI=1S/C18H19FN2O3/c1-13-14(7-12-24-13)17(22)20-8-4-9-21(11-10-20)18(23)15-5-2-3-6-16(15)19/h2-3,5-7,12H,4,8-11H2,1H3. The van der Waals surface area contributed by atoms with E-state index in [9.17, 15) is 14.0 Å². The zero-order valence-corrected chi connectivity index (χ0v) is 13.5. The second-order valence-electron chi connectivity index (χ2n) is 5.81. The van der Waals surface area contributed by atoms with Gasteiger partial charge in [0.25, 0.3) is 11.8 Å². The fraction of sp³-hybridized carbons (Fsp3) is 0.333. The number of hydrogen-bond acceptors (Lipinski definition) is 3. The van der Waals surface area contributed by atoms with Gasteiger partial charge in [-0.15, -0.1) is 0 Å². The molecule has 1 fully saturated rings. The van der Waals surface area contributed by atoms with Crippen LogP contribution >= 0.6 is 0 Å². The zero-order chi connectivity index (χ0) is 17.1. The van der Waals surface area contributed by atoms with Gasteiger partial charge in [0.15, 0.2) is 0 Å². The molecule has 5 nitrogen and oxygen atoms in total. The fourth-order valence-corrected chi connectivity index (χ4v) is 2.91. The summed E-state index contributed by atoms with van der Waals surface area (Å²) in [5.41, 5.74) is 0.617. The van der Waals surface area contributed by atoms with Crippen molar-refractivity contribution < 1.29 is 18.4 Å². The van der Waals surface area contributed by atoms with Gasteiger partial charge in [0.05, 0.1) is 17.4 Å². The van der Waals surface area contributed by atoms with Gasteiger partial charge in [-0.05, 0) is 31.5 Å². The lowest BCUT2D eigenvalue weighted by Gasteiger charge is -2.22. The number of aryl methyl sites for hydroxylation is 1. The summed E-state index contributed by atoms with van der Waals surface area (Å²) in [6.07, 6.45) is 2.15. The molecule has 1 aliphatic heterocycles. The average Bonchev–Trinajstić information content (AvgIpc) is 2.86. The summed E-state index contributed by atoms with van der Waals surface area (Å²) < 4.78 is 19.0. The van der Waals surface area contributed by atoms with Crippen LogP contribution in [-0.2, 0) is 0 Å². The number of amides is 2. The van der Waals surface area contributed by atoms with Crippen molar-refractivity contribution in [2.75, 3.05) is 26.2 Å². The highest BCUT2D eigenvalue weighted by Gasteiger charge is 2.25.